The van der Waals surface area contributed by atoms with Gasteiger partial charge in [-0.05, 0) is 39.3 Å². The van der Waals surface area contributed by atoms with Crippen molar-refractivity contribution in [3.63, 3.8) is 0 Å². The zero-order valence-corrected chi connectivity index (χ0v) is 14.4. The molecule has 134 valence electrons. The van der Waals surface area contributed by atoms with Crippen LogP contribution in [0.2, 0.25) is 0 Å². The Kier molecular flexibility index (Phi) is 3.60. The van der Waals surface area contributed by atoms with Gasteiger partial charge in [0.1, 0.15) is 16.6 Å². The van der Waals surface area contributed by atoms with Crippen molar-refractivity contribution in [2.24, 2.45) is 10.8 Å². The second-order valence-corrected chi connectivity index (χ2v) is 7.54. The normalized spacial score (nSPS) is 27.6. The predicted octanol–water partition coefficient (Wildman–Crippen LogP) is 1.54. The first-order valence-electron chi connectivity index (χ1n) is 8.06. The number of rotatable bonds is 5. The van der Waals surface area contributed by atoms with Crippen LogP contribution in [0.1, 0.15) is 25.8 Å². The maximum atomic E-state index is 12.8. The van der Waals surface area contributed by atoms with Gasteiger partial charge in [-0.1, -0.05) is 17.7 Å². The second kappa shape index (κ2) is 5.21. The summed E-state index contributed by atoms with van der Waals surface area (Å²) in [4.78, 5) is 37.3. The molecule has 1 aliphatic carbocycles. The van der Waals surface area contributed by atoms with Gasteiger partial charge in [-0.3, -0.25) is 14.4 Å². The van der Waals surface area contributed by atoms with Gasteiger partial charge < -0.3 is 19.8 Å². The number of benzene rings is 1. The summed E-state index contributed by atoms with van der Waals surface area (Å²) in [7, 11) is 0. The van der Waals surface area contributed by atoms with Crippen molar-refractivity contribution in [2.75, 3.05) is 13.1 Å². The summed E-state index contributed by atoms with van der Waals surface area (Å²) in [5, 5.41) is 18.9. The van der Waals surface area contributed by atoms with Crippen LogP contribution < -0.4 is 4.74 Å². The van der Waals surface area contributed by atoms with Crippen LogP contribution in [0.4, 0.5) is 0 Å². The van der Waals surface area contributed by atoms with E-state index in [9.17, 15) is 24.6 Å². The Morgan fingerprint density at radius 1 is 1.04 bits per heavy atom. The van der Waals surface area contributed by atoms with Crippen LogP contribution >= 0.6 is 0 Å². The van der Waals surface area contributed by atoms with Crippen LogP contribution in [0, 0.1) is 17.8 Å². The Morgan fingerprint density at radius 3 is 1.96 bits per heavy atom. The summed E-state index contributed by atoms with van der Waals surface area (Å²) in [5.41, 5.74) is -2.93. The molecule has 7 nitrogen and oxygen atoms in total. The quantitative estimate of drug-likeness (QED) is 0.837. The highest BCUT2D eigenvalue weighted by atomic mass is 16.5. The lowest BCUT2D eigenvalue weighted by Gasteiger charge is -2.31. The molecule has 1 heterocycles. The van der Waals surface area contributed by atoms with Gasteiger partial charge in [0.2, 0.25) is 0 Å². The molecule has 0 spiro atoms. The molecule has 0 radical (unpaired) electrons. The van der Waals surface area contributed by atoms with Crippen molar-refractivity contribution in [3.05, 3.63) is 29.8 Å². The number of amides is 1. The standard InChI is InChI=1S/C18H21NO6/c1-11-4-6-12(7-5-11)25-16(2,3)13(20)19-9-17(14(21)22)8-18(17,10-19)15(23)24/h4-7H,8-10H2,1-3H3,(H,21,22)(H,23,24)/t17-,18+. The number of likely N-dealkylation sites (tertiary alicyclic amines) is 1. The van der Waals surface area contributed by atoms with E-state index >= 15 is 0 Å². The highest BCUT2D eigenvalue weighted by molar-refractivity contribution is 5.97. The number of carbonyl (C=O) groups is 3. The molecule has 1 aromatic rings. The van der Waals surface area contributed by atoms with Crippen molar-refractivity contribution in [3.8, 4) is 5.75 Å². The van der Waals surface area contributed by atoms with Crippen LogP contribution in [0.5, 0.6) is 5.75 Å². The fourth-order valence-corrected chi connectivity index (χ4v) is 3.76. The van der Waals surface area contributed by atoms with Crippen LogP contribution in [-0.2, 0) is 14.4 Å². The lowest BCUT2D eigenvalue weighted by atomic mass is 9.97. The molecule has 1 saturated heterocycles. The van der Waals surface area contributed by atoms with E-state index in [0.29, 0.717) is 5.75 Å². The van der Waals surface area contributed by atoms with Crippen molar-refractivity contribution >= 4 is 17.8 Å². The minimum Gasteiger partial charge on any atom is -0.481 e. The minimum atomic E-state index is -1.38. The van der Waals surface area contributed by atoms with Gasteiger partial charge in [-0.25, -0.2) is 0 Å². The van der Waals surface area contributed by atoms with E-state index in [1.165, 1.54) is 4.90 Å². The molecule has 2 atom stereocenters. The van der Waals surface area contributed by atoms with Crippen LogP contribution in [0.15, 0.2) is 24.3 Å². The number of ether oxygens (including phenoxy) is 1. The van der Waals surface area contributed by atoms with Gasteiger partial charge in [-0.2, -0.15) is 0 Å². The Labute approximate surface area is 145 Å². The SMILES string of the molecule is Cc1ccc(OC(C)(C)C(=O)N2C[C@@]3(C(=O)O)C[C@@]3(C(=O)O)C2)cc1. The van der Waals surface area contributed by atoms with E-state index in [-0.39, 0.29) is 19.5 Å². The van der Waals surface area contributed by atoms with Gasteiger partial charge in [-0.15, -0.1) is 0 Å². The first kappa shape index (κ1) is 17.3. The first-order valence-corrected chi connectivity index (χ1v) is 8.06. The summed E-state index contributed by atoms with van der Waals surface area (Å²) in [6.45, 7) is 4.93. The largest absolute Gasteiger partial charge is 0.481 e. The van der Waals surface area contributed by atoms with Crippen molar-refractivity contribution in [1.29, 1.82) is 0 Å². The maximum Gasteiger partial charge on any atom is 0.312 e. The number of piperidine rings is 1. The average Bonchev–Trinajstić information content (AvgIpc) is 3.07. The molecule has 25 heavy (non-hydrogen) atoms. The lowest BCUT2D eigenvalue weighted by Crippen LogP contribution is -2.49. The molecule has 0 unspecified atom stereocenters. The molecule has 2 fully saturated rings. The van der Waals surface area contributed by atoms with E-state index in [2.05, 4.69) is 0 Å². The highest BCUT2D eigenvalue weighted by Gasteiger charge is 2.81. The third-order valence-electron chi connectivity index (χ3n) is 5.33. The van der Waals surface area contributed by atoms with Crippen molar-refractivity contribution < 1.29 is 29.3 Å². The van der Waals surface area contributed by atoms with Gasteiger partial charge in [0, 0.05) is 13.1 Å². The van der Waals surface area contributed by atoms with Gasteiger partial charge in [0.15, 0.2) is 5.60 Å². The number of carboxylic acids is 2. The topological polar surface area (TPSA) is 104 Å². The van der Waals surface area contributed by atoms with E-state index in [1.54, 1.807) is 26.0 Å². The maximum absolute atomic E-state index is 12.8. The molecular weight excluding hydrogens is 326 g/mol. The molecule has 1 aromatic carbocycles. The Morgan fingerprint density at radius 2 is 1.52 bits per heavy atom. The molecule has 1 aliphatic heterocycles. The third kappa shape index (κ3) is 2.45. The number of aryl methyl sites for hydroxylation is 1. The zero-order chi connectivity index (χ0) is 18.6. The zero-order valence-electron chi connectivity index (χ0n) is 14.4. The van der Waals surface area contributed by atoms with Crippen molar-refractivity contribution in [2.45, 2.75) is 32.8 Å². The van der Waals surface area contributed by atoms with Crippen molar-refractivity contribution in [1.82, 2.24) is 4.90 Å². The molecule has 3 rings (SSSR count). The Balaban J connectivity index is 1.78. The first-order chi connectivity index (χ1) is 11.5. The summed E-state index contributed by atoms with van der Waals surface area (Å²) < 4.78 is 5.78. The monoisotopic (exact) mass is 347 g/mol. The van der Waals surface area contributed by atoms with Crippen LogP contribution in [-0.4, -0.2) is 51.6 Å². The number of carbonyl (C=O) groups excluding carboxylic acids is 1. The number of fused-ring (bicyclic) bond motifs is 1. The second-order valence-electron chi connectivity index (χ2n) is 7.54. The number of hydrogen-bond donors (Lipinski definition) is 2. The van der Waals surface area contributed by atoms with E-state index in [0.717, 1.165) is 5.56 Å². The summed E-state index contributed by atoms with van der Waals surface area (Å²) in [6, 6.07) is 7.23. The number of carboxylic acid groups (broad SMARTS) is 2. The average molecular weight is 347 g/mol. The summed E-state index contributed by atoms with van der Waals surface area (Å²) >= 11 is 0. The molecular formula is C18H21NO6. The molecule has 2 aliphatic rings. The molecule has 2 N–H and O–H groups in total. The summed E-state index contributed by atoms with van der Waals surface area (Å²) in [6.07, 6.45) is 0.0632. The third-order valence-corrected chi connectivity index (χ3v) is 5.33. The summed E-state index contributed by atoms with van der Waals surface area (Å²) in [5.74, 6) is -2.22. The molecule has 0 aromatic heterocycles. The van der Waals surface area contributed by atoms with Gasteiger partial charge in [0.05, 0.1) is 0 Å². The van der Waals surface area contributed by atoms with Gasteiger partial charge in [0.25, 0.3) is 5.91 Å². The lowest BCUT2D eigenvalue weighted by molar-refractivity contribution is -0.151. The Hall–Kier alpha value is -2.57. The number of hydrogen-bond acceptors (Lipinski definition) is 4. The van der Waals surface area contributed by atoms with Crippen LogP contribution in [0.3, 0.4) is 0 Å². The molecule has 1 amide bonds. The fraction of sp³-hybridized carbons (Fsp3) is 0.500. The van der Waals surface area contributed by atoms with Gasteiger partial charge >= 0.3 is 11.9 Å². The number of aliphatic carboxylic acids is 2. The molecule has 7 heteroatoms. The Bertz CT molecular complexity index is 727. The highest BCUT2D eigenvalue weighted by Crippen LogP contribution is 2.68. The fourth-order valence-electron chi connectivity index (χ4n) is 3.76. The van der Waals surface area contributed by atoms with E-state index in [1.807, 2.05) is 19.1 Å². The number of nitrogens with zero attached hydrogens (tertiary/aromatic N) is 1. The predicted molar refractivity (Wildman–Crippen MR) is 87.2 cm³/mol. The smallest absolute Gasteiger partial charge is 0.312 e. The minimum absolute atomic E-state index is 0.0632. The van der Waals surface area contributed by atoms with E-state index in [4.69, 9.17) is 4.74 Å². The van der Waals surface area contributed by atoms with E-state index < -0.39 is 34.3 Å². The van der Waals surface area contributed by atoms with Crippen LogP contribution in [0.25, 0.3) is 0 Å². The molecule has 0 bridgehead atoms. The molecule has 1 saturated carbocycles.